The van der Waals surface area contributed by atoms with Crippen LogP contribution in [0, 0.1) is 11.8 Å². The second-order valence-corrected chi connectivity index (χ2v) is 6.63. The zero-order valence-corrected chi connectivity index (χ0v) is 13.8. The van der Waals surface area contributed by atoms with E-state index < -0.39 is 61.2 Å². The minimum Gasteiger partial charge on any atom is -0.396 e. The van der Waals surface area contributed by atoms with Crippen molar-refractivity contribution in [2.75, 3.05) is 39.6 Å². The molecule has 0 aliphatic carbocycles. The average molecular weight is 368 g/mol. The van der Waals surface area contributed by atoms with Gasteiger partial charge in [0.15, 0.2) is 0 Å². The summed E-state index contributed by atoms with van der Waals surface area (Å²) in [5.41, 5.74) is 0. The molecule has 0 aromatic carbocycles. The monoisotopic (exact) mass is 368 g/mol. The highest BCUT2D eigenvalue weighted by atomic mass is 16.6. The van der Waals surface area contributed by atoms with E-state index in [1.54, 1.807) is 0 Å². The van der Waals surface area contributed by atoms with E-state index in [1.165, 1.54) is 0 Å². The van der Waals surface area contributed by atoms with E-state index in [1.807, 2.05) is 0 Å². The van der Waals surface area contributed by atoms with Gasteiger partial charge in [-0.25, -0.2) is 0 Å². The van der Waals surface area contributed by atoms with Gasteiger partial charge >= 0.3 is 0 Å². The third-order valence-corrected chi connectivity index (χ3v) is 4.82. The Kier molecular flexibility index (Phi) is 7.95. The Morgan fingerprint density at radius 1 is 0.600 bits per heavy atom. The van der Waals surface area contributed by atoms with Gasteiger partial charge in [-0.05, 0) is 0 Å². The molecule has 2 saturated heterocycles. The summed E-state index contributed by atoms with van der Waals surface area (Å²) in [5.74, 6) is -1.41. The van der Waals surface area contributed by atoms with Crippen LogP contribution in [-0.2, 0) is 14.2 Å². The molecular formula is C15H28O10. The van der Waals surface area contributed by atoms with Crippen LogP contribution in [0.4, 0.5) is 0 Å². The molecule has 0 spiro atoms. The summed E-state index contributed by atoms with van der Waals surface area (Å²) >= 11 is 0. The molecule has 148 valence electrons. The largest absolute Gasteiger partial charge is 0.396 e. The molecule has 2 rings (SSSR count). The van der Waals surface area contributed by atoms with Gasteiger partial charge in [0.25, 0.3) is 0 Å². The molecule has 2 heterocycles. The van der Waals surface area contributed by atoms with Crippen LogP contribution in [0.3, 0.4) is 0 Å². The molecule has 10 nitrogen and oxygen atoms in total. The maximum absolute atomic E-state index is 10.3. The number of ether oxygens (including phenoxy) is 3. The fourth-order valence-electron chi connectivity index (χ4n) is 3.05. The van der Waals surface area contributed by atoms with Crippen molar-refractivity contribution in [2.45, 2.75) is 42.7 Å². The molecule has 0 bridgehead atoms. The van der Waals surface area contributed by atoms with E-state index in [4.69, 9.17) is 14.2 Å². The van der Waals surface area contributed by atoms with Crippen LogP contribution in [0.1, 0.15) is 0 Å². The van der Waals surface area contributed by atoms with Crippen LogP contribution in [0.15, 0.2) is 0 Å². The molecule has 0 aromatic heterocycles. The van der Waals surface area contributed by atoms with Crippen molar-refractivity contribution < 1.29 is 50.0 Å². The van der Waals surface area contributed by atoms with Crippen molar-refractivity contribution in [3.05, 3.63) is 0 Å². The molecule has 0 amide bonds. The zero-order valence-electron chi connectivity index (χ0n) is 13.8. The van der Waals surface area contributed by atoms with Crippen LogP contribution < -0.4 is 0 Å². The molecule has 2 aliphatic heterocycles. The topological polar surface area (TPSA) is 169 Å². The molecule has 9 atom stereocenters. The lowest BCUT2D eigenvalue weighted by molar-refractivity contribution is -0.209. The van der Waals surface area contributed by atoms with Crippen molar-refractivity contribution in [1.82, 2.24) is 0 Å². The lowest BCUT2D eigenvalue weighted by Gasteiger charge is -2.37. The summed E-state index contributed by atoms with van der Waals surface area (Å²) in [5, 5.41) is 69.0. The van der Waals surface area contributed by atoms with Gasteiger partial charge in [0.05, 0.1) is 51.8 Å². The minimum atomic E-state index is -1.58. The fraction of sp³-hybridized carbons (Fsp3) is 1.00. The van der Waals surface area contributed by atoms with Gasteiger partial charge in [0, 0.05) is 11.8 Å². The first-order valence-electron chi connectivity index (χ1n) is 8.33. The highest BCUT2D eigenvalue weighted by Crippen LogP contribution is 2.23. The SMILES string of the molecule is OCC1COCC(OC2COCC(CO)C(O)C(O)C2O)C(O)C1O. The third kappa shape index (κ3) is 4.86. The normalized spacial score (nSPS) is 46.9. The van der Waals surface area contributed by atoms with Gasteiger partial charge in [-0.1, -0.05) is 0 Å². The molecule has 0 radical (unpaired) electrons. The maximum atomic E-state index is 10.3. The number of aliphatic hydroxyl groups is 7. The molecule has 2 aliphatic rings. The molecule has 2 fully saturated rings. The lowest BCUT2D eigenvalue weighted by Crippen LogP contribution is -2.55. The second kappa shape index (κ2) is 9.51. The van der Waals surface area contributed by atoms with Crippen molar-refractivity contribution in [1.29, 1.82) is 0 Å². The van der Waals surface area contributed by atoms with Crippen molar-refractivity contribution in [2.24, 2.45) is 11.8 Å². The Labute approximate surface area is 145 Å². The first-order chi connectivity index (χ1) is 11.9. The molecule has 25 heavy (non-hydrogen) atoms. The van der Waals surface area contributed by atoms with Crippen molar-refractivity contribution in [3.8, 4) is 0 Å². The Morgan fingerprint density at radius 3 is 1.44 bits per heavy atom. The van der Waals surface area contributed by atoms with Crippen LogP contribution in [0.25, 0.3) is 0 Å². The molecule has 10 heteroatoms. The summed E-state index contributed by atoms with van der Waals surface area (Å²) in [4.78, 5) is 0. The zero-order chi connectivity index (χ0) is 18.6. The molecule has 0 saturated carbocycles. The van der Waals surface area contributed by atoms with E-state index in [0.29, 0.717) is 0 Å². The molecular weight excluding hydrogens is 340 g/mol. The summed E-state index contributed by atoms with van der Waals surface area (Å²) < 4.78 is 16.2. The van der Waals surface area contributed by atoms with Gasteiger partial charge < -0.3 is 50.0 Å². The smallest absolute Gasteiger partial charge is 0.111 e. The first-order valence-corrected chi connectivity index (χ1v) is 8.33. The minimum absolute atomic E-state index is 0.0395. The number of hydrogen-bond acceptors (Lipinski definition) is 10. The second-order valence-electron chi connectivity index (χ2n) is 6.63. The van der Waals surface area contributed by atoms with E-state index in [2.05, 4.69) is 0 Å². The van der Waals surface area contributed by atoms with E-state index >= 15 is 0 Å². The summed E-state index contributed by atoms with van der Waals surface area (Å²) in [6.45, 7) is -1.02. The quantitative estimate of drug-likeness (QED) is 0.258. The summed E-state index contributed by atoms with van der Waals surface area (Å²) in [6, 6.07) is 0. The predicted octanol–water partition coefficient (Wildman–Crippen LogP) is -4.18. The van der Waals surface area contributed by atoms with Crippen LogP contribution >= 0.6 is 0 Å². The summed E-state index contributed by atoms with van der Waals surface area (Å²) in [6.07, 6.45) is -9.29. The van der Waals surface area contributed by atoms with Gasteiger partial charge in [-0.2, -0.15) is 0 Å². The fourth-order valence-corrected chi connectivity index (χ4v) is 3.05. The first kappa shape index (κ1) is 20.9. The van der Waals surface area contributed by atoms with E-state index in [9.17, 15) is 35.7 Å². The average Bonchev–Trinajstić information content (AvgIpc) is 2.74. The van der Waals surface area contributed by atoms with E-state index in [0.717, 1.165) is 0 Å². The van der Waals surface area contributed by atoms with Crippen LogP contribution in [-0.4, -0.2) is 118 Å². The van der Waals surface area contributed by atoms with Gasteiger partial charge in [0.1, 0.15) is 30.5 Å². The van der Waals surface area contributed by atoms with Crippen molar-refractivity contribution >= 4 is 0 Å². The number of aliphatic hydroxyl groups excluding tert-OH is 7. The van der Waals surface area contributed by atoms with E-state index in [-0.39, 0.29) is 33.0 Å². The predicted molar refractivity (Wildman–Crippen MR) is 81.5 cm³/mol. The lowest BCUT2D eigenvalue weighted by atomic mass is 9.92. The standard InChI is InChI=1S/C15H28O10/c16-1-7-3-23-5-9(13(20)11(7)18)25-10-6-24-4-8(2-17)12(19)15(22)14(10)21/h7-22H,1-6H2. The Morgan fingerprint density at radius 2 is 1.00 bits per heavy atom. The van der Waals surface area contributed by atoms with Crippen molar-refractivity contribution in [3.63, 3.8) is 0 Å². The van der Waals surface area contributed by atoms with Gasteiger partial charge in [0.2, 0.25) is 0 Å². The molecule has 0 aromatic rings. The summed E-state index contributed by atoms with van der Waals surface area (Å²) in [7, 11) is 0. The maximum Gasteiger partial charge on any atom is 0.111 e. The Bertz CT molecular complexity index is 397. The van der Waals surface area contributed by atoms with Crippen LogP contribution in [0.2, 0.25) is 0 Å². The Balaban J connectivity index is 2.05. The highest BCUT2D eigenvalue weighted by Gasteiger charge is 2.42. The molecule has 9 unspecified atom stereocenters. The number of rotatable bonds is 4. The third-order valence-electron chi connectivity index (χ3n) is 4.82. The molecule has 7 N–H and O–H groups in total. The van der Waals surface area contributed by atoms with Crippen LogP contribution in [0.5, 0.6) is 0 Å². The van der Waals surface area contributed by atoms with Gasteiger partial charge in [-0.15, -0.1) is 0 Å². The Hall–Kier alpha value is -0.400. The number of hydrogen-bond donors (Lipinski definition) is 7. The highest BCUT2D eigenvalue weighted by molar-refractivity contribution is 4.90. The van der Waals surface area contributed by atoms with Gasteiger partial charge in [-0.3, -0.25) is 0 Å².